The van der Waals surface area contributed by atoms with Gasteiger partial charge in [-0.15, -0.1) is 0 Å². The lowest BCUT2D eigenvalue weighted by molar-refractivity contribution is 0.109. The van der Waals surface area contributed by atoms with Gasteiger partial charge >= 0.3 is 0 Å². The highest BCUT2D eigenvalue weighted by Crippen LogP contribution is 2.22. The predicted octanol–water partition coefficient (Wildman–Crippen LogP) is 2.81. The zero-order valence-corrected chi connectivity index (χ0v) is 9.20. The van der Waals surface area contributed by atoms with Crippen molar-refractivity contribution < 1.29 is 9.21 Å². The molecule has 0 saturated carbocycles. The molecule has 3 heteroatoms. The summed E-state index contributed by atoms with van der Waals surface area (Å²) in [4.78, 5) is 14.7. The fourth-order valence-electron chi connectivity index (χ4n) is 1.42. The molecule has 1 aromatic rings. The quantitative estimate of drug-likeness (QED) is 0.694. The molecule has 0 aliphatic heterocycles. The number of hydrogen-bond acceptors (Lipinski definition) is 3. The van der Waals surface area contributed by atoms with E-state index < -0.39 is 0 Å². The third-order valence-corrected chi connectivity index (χ3v) is 1.97. The minimum absolute atomic E-state index is 0.198. The molecule has 3 nitrogen and oxygen atoms in total. The Morgan fingerprint density at radius 1 is 1.36 bits per heavy atom. The molecular weight excluding hydrogens is 178 g/mol. The summed E-state index contributed by atoms with van der Waals surface area (Å²) in [6.07, 6.45) is 1.53. The summed E-state index contributed by atoms with van der Waals surface area (Å²) in [5.41, 5.74) is 0.928. The largest absolute Gasteiger partial charge is 0.439 e. The van der Waals surface area contributed by atoms with Crippen LogP contribution in [0.1, 0.15) is 55.8 Å². The van der Waals surface area contributed by atoms with Gasteiger partial charge in [-0.25, -0.2) is 4.98 Å². The summed E-state index contributed by atoms with van der Waals surface area (Å²) in [5, 5.41) is 0. The third-order valence-electron chi connectivity index (χ3n) is 1.97. The summed E-state index contributed by atoms with van der Waals surface area (Å²) < 4.78 is 5.35. The Labute approximate surface area is 84.5 Å². The summed E-state index contributed by atoms with van der Waals surface area (Å²) in [6.45, 7) is 8.33. The molecule has 0 radical (unpaired) electrons. The van der Waals surface area contributed by atoms with Crippen molar-refractivity contribution in [1.82, 2.24) is 4.98 Å². The van der Waals surface area contributed by atoms with E-state index in [9.17, 15) is 4.79 Å². The van der Waals surface area contributed by atoms with Crippen LogP contribution in [0.2, 0.25) is 0 Å². The highest BCUT2D eigenvalue weighted by Gasteiger charge is 2.16. The average molecular weight is 195 g/mol. The molecule has 1 rings (SSSR count). The van der Waals surface area contributed by atoms with Gasteiger partial charge in [-0.1, -0.05) is 27.7 Å². The summed E-state index contributed by atoms with van der Waals surface area (Å²) in [6, 6.07) is 0. The van der Waals surface area contributed by atoms with Crippen molar-refractivity contribution in [2.24, 2.45) is 5.92 Å². The maximum Gasteiger partial charge on any atom is 0.260 e. The number of aromatic nitrogens is 1. The standard InChI is InChI=1S/C11H17NO2/c1-7(2)5-9-11(8(3)4)14-10(6-13)12-9/h6-8H,5H2,1-4H3. The molecular formula is C11H17NO2. The van der Waals surface area contributed by atoms with Crippen LogP contribution in [0.15, 0.2) is 4.42 Å². The Balaban J connectivity index is 2.99. The first kappa shape index (κ1) is 11.0. The second-order valence-electron chi connectivity index (χ2n) is 4.23. The van der Waals surface area contributed by atoms with Gasteiger partial charge in [0.2, 0.25) is 6.29 Å². The fraction of sp³-hybridized carbons (Fsp3) is 0.636. The van der Waals surface area contributed by atoms with Gasteiger partial charge < -0.3 is 4.42 Å². The van der Waals surface area contributed by atoms with Crippen molar-refractivity contribution in [3.63, 3.8) is 0 Å². The van der Waals surface area contributed by atoms with Crippen LogP contribution < -0.4 is 0 Å². The molecule has 0 bridgehead atoms. The Hall–Kier alpha value is -1.12. The molecule has 0 aliphatic rings. The van der Waals surface area contributed by atoms with Crippen molar-refractivity contribution in [3.8, 4) is 0 Å². The van der Waals surface area contributed by atoms with E-state index in [1.165, 1.54) is 0 Å². The fourth-order valence-corrected chi connectivity index (χ4v) is 1.42. The zero-order chi connectivity index (χ0) is 10.7. The molecule has 0 N–H and O–H groups in total. The number of nitrogens with zero attached hydrogens (tertiary/aromatic N) is 1. The summed E-state index contributed by atoms with van der Waals surface area (Å²) >= 11 is 0. The van der Waals surface area contributed by atoms with Crippen LogP contribution in [0.3, 0.4) is 0 Å². The zero-order valence-electron chi connectivity index (χ0n) is 9.20. The number of carbonyl (C=O) groups excluding carboxylic acids is 1. The first-order valence-corrected chi connectivity index (χ1v) is 4.99. The minimum Gasteiger partial charge on any atom is -0.439 e. The minimum atomic E-state index is 0.198. The molecule has 1 aromatic heterocycles. The lowest BCUT2D eigenvalue weighted by atomic mass is 10.0. The normalized spacial score (nSPS) is 11.3. The Bertz CT molecular complexity index is 313. The van der Waals surface area contributed by atoms with Gasteiger partial charge in [0.15, 0.2) is 0 Å². The SMILES string of the molecule is CC(C)Cc1nc(C=O)oc1C(C)C. The van der Waals surface area contributed by atoms with Crippen LogP contribution in [0.4, 0.5) is 0 Å². The predicted molar refractivity (Wildman–Crippen MR) is 54.5 cm³/mol. The first-order chi connectivity index (χ1) is 6.54. The Morgan fingerprint density at radius 3 is 2.43 bits per heavy atom. The van der Waals surface area contributed by atoms with E-state index in [0.717, 1.165) is 17.9 Å². The number of aldehydes is 1. The number of hydrogen-bond donors (Lipinski definition) is 0. The molecule has 0 aliphatic carbocycles. The van der Waals surface area contributed by atoms with Gasteiger partial charge in [0.05, 0.1) is 5.69 Å². The lowest BCUT2D eigenvalue weighted by Gasteiger charge is -2.05. The molecule has 0 saturated heterocycles. The van der Waals surface area contributed by atoms with Gasteiger partial charge in [-0.05, 0) is 12.3 Å². The molecule has 14 heavy (non-hydrogen) atoms. The van der Waals surface area contributed by atoms with Gasteiger partial charge in [0.25, 0.3) is 5.89 Å². The van der Waals surface area contributed by atoms with Crippen LogP contribution in [0, 0.1) is 5.92 Å². The van der Waals surface area contributed by atoms with E-state index in [0.29, 0.717) is 12.2 Å². The molecule has 0 unspecified atom stereocenters. The van der Waals surface area contributed by atoms with Crippen LogP contribution in [0.25, 0.3) is 0 Å². The van der Waals surface area contributed by atoms with Crippen molar-refractivity contribution in [3.05, 3.63) is 17.3 Å². The molecule has 0 fully saturated rings. The van der Waals surface area contributed by atoms with E-state index in [1.807, 2.05) is 13.8 Å². The van der Waals surface area contributed by atoms with E-state index in [-0.39, 0.29) is 11.8 Å². The van der Waals surface area contributed by atoms with Crippen LogP contribution in [0.5, 0.6) is 0 Å². The molecule has 0 atom stereocenters. The van der Waals surface area contributed by atoms with Gasteiger partial charge in [0.1, 0.15) is 5.76 Å². The Morgan fingerprint density at radius 2 is 2.00 bits per heavy atom. The van der Waals surface area contributed by atoms with Crippen molar-refractivity contribution in [2.45, 2.75) is 40.0 Å². The van der Waals surface area contributed by atoms with Gasteiger partial charge in [-0.3, -0.25) is 4.79 Å². The van der Waals surface area contributed by atoms with Crippen molar-refractivity contribution >= 4 is 6.29 Å². The van der Waals surface area contributed by atoms with E-state index in [4.69, 9.17) is 4.42 Å². The van der Waals surface area contributed by atoms with Crippen LogP contribution >= 0.6 is 0 Å². The van der Waals surface area contributed by atoms with Gasteiger partial charge in [-0.2, -0.15) is 0 Å². The Kier molecular flexibility index (Phi) is 3.44. The number of carbonyl (C=O) groups is 1. The van der Waals surface area contributed by atoms with Crippen molar-refractivity contribution in [2.75, 3.05) is 0 Å². The van der Waals surface area contributed by atoms with Crippen molar-refractivity contribution in [1.29, 1.82) is 0 Å². The highest BCUT2D eigenvalue weighted by atomic mass is 16.4. The smallest absolute Gasteiger partial charge is 0.260 e. The van der Waals surface area contributed by atoms with Crippen LogP contribution in [-0.2, 0) is 6.42 Å². The van der Waals surface area contributed by atoms with E-state index >= 15 is 0 Å². The maximum absolute atomic E-state index is 10.5. The second-order valence-corrected chi connectivity index (χ2v) is 4.23. The average Bonchev–Trinajstić information content (AvgIpc) is 2.46. The molecule has 0 spiro atoms. The highest BCUT2D eigenvalue weighted by molar-refractivity contribution is 5.67. The van der Waals surface area contributed by atoms with E-state index in [2.05, 4.69) is 18.8 Å². The monoisotopic (exact) mass is 195 g/mol. The first-order valence-electron chi connectivity index (χ1n) is 4.99. The molecule has 0 amide bonds. The summed E-state index contributed by atoms with van der Waals surface area (Å²) in [7, 11) is 0. The third kappa shape index (κ3) is 2.44. The second kappa shape index (κ2) is 4.40. The van der Waals surface area contributed by atoms with Crippen LogP contribution in [-0.4, -0.2) is 11.3 Å². The molecule has 0 aromatic carbocycles. The topological polar surface area (TPSA) is 43.1 Å². The van der Waals surface area contributed by atoms with E-state index in [1.54, 1.807) is 0 Å². The maximum atomic E-state index is 10.5. The lowest BCUT2D eigenvalue weighted by Crippen LogP contribution is -1.99. The number of rotatable bonds is 4. The van der Waals surface area contributed by atoms with Gasteiger partial charge in [0, 0.05) is 5.92 Å². The summed E-state index contributed by atoms with van der Waals surface area (Å²) in [5.74, 6) is 1.85. The molecule has 1 heterocycles. The number of oxazole rings is 1. The molecule has 78 valence electrons.